The third-order valence-electron chi connectivity index (χ3n) is 5.79. The number of rotatable bonds is 6. The second-order valence-electron chi connectivity index (χ2n) is 8.20. The summed E-state index contributed by atoms with van der Waals surface area (Å²) in [5.74, 6) is 1.71. The summed E-state index contributed by atoms with van der Waals surface area (Å²) in [6.07, 6.45) is 0.443. The van der Waals surface area contributed by atoms with Gasteiger partial charge in [0.15, 0.2) is 0 Å². The summed E-state index contributed by atoms with van der Waals surface area (Å²) < 4.78 is 12.0. The molecule has 0 atom stereocenters. The van der Waals surface area contributed by atoms with Gasteiger partial charge in [0.2, 0.25) is 5.91 Å². The average molecular weight is 481 g/mol. The molecule has 36 heavy (non-hydrogen) atoms. The van der Waals surface area contributed by atoms with Gasteiger partial charge in [-0.05, 0) is 60.7 Å². The molecule has 0 bridgehead atoms. The number of nitriles is 2. The molecule has 4 rings (SSSR count). The summed E-state index contributed by atoms with van der Waals surface area (Å²) >= 11 is 0. The number of ether oxygens (including phenoxy) is 2. The molecular weight excluding hydrogens is 456 g/mol. The Kier molecular flexibility index (Phi) is 7.48. The van der Waals surface area contributed by atoms with Gasteiger partial charge in [0.05, 0.1) is 23.3 Å². The standard InChI is InChI=1S/C28H24N4O4/c1-2-27(33)31-11-13-32(14-12-31)28(34)22-15-25(35-23-7-3-20(18-29)4-8-23)17-26(16-22)36-24-9-5-21(19-30)6-10-24/h3-10,15-17H,2,11-14H2,1H3. The van der Waals surface area contributed by atoms with E-state index in [1.165, 1.54) is 0 Å². The fourth-order valence-electron chi connectivity index (χ4n) is 3.85. The monoisotopic (exact) mass is 480 g/mol. The minimum Gasteiger partial charge on any atom is -0.457 e. The molecule has 1 aliphatic heterocycles. The maximum atomic E-state index is 13.4. The van der Waals surface area contributed by atoms with Gasteiger partial charge in [0, 0.05) is 44.2 Å². The lowest BCUT2D eigenvalue weighted by Gasteiger charge is -2.34. The van der Waals surface area contributed by atoms with Crippen LogP contribution in [-0.4, -0.2) is 47.8 Å². The molecule has 0 spiro atoms. The van der Waals surface area contributed by atoms with E-state index in [2.05, 4.69) is 12.1 Å². The van der Waals surface area contributed by atoms with E-state index in [1.807, 2.05) is 6.92 Å². The third kappa shape index (κ3) is 5.81. The van der Waals surface area contributed by atoms with Gasteiger partial charge >= 0.3 is 0 Å². The number of carbonyl (C=O) groups is 2. The lowest BCUT2D eigenvalue weighted by atomic mass is 10.1. The van der Waals surface area contributed by atoms with E-state index >= 15 is 0 Å². The summed E-state index contributed by atoms with van der Waals surface area (Å²) in [6, 6.07) is 22.4. The molecule has 3 aromatic rings. The summed E-state index contributed by atoms with van der Waals surface area (Å²) in [7, 11) is 0. The van der Waals surface area contributed by atoms with Crippen LogP contribution < -0.4 is 9.47 Å². The average Bonchev–Trinajstić information content (AvgIpc) is 2.93. The molecule has 0 aliphatic carbocycles. The van der Waals surface area contributed by atoms with Crippen molar-refractivity contribution in [1.29, 1.82) is 10.5 Å². The summed E-state index contributed by atoms with van der Waals surface area (Å²) in [6.45, 7) is 3.70. The van der Waals surface area contributed by atoms with Crippen LogP contribution in [-0.2, 0) is 4.79 Å². The van der Waals surface area contributed by atoms with Gasteiger partial charge in [-0.2, -0.15) is 10.5 Å². The van der Waals surface area contributed by atoms with Crippen molar-refractivity contribution in [1.82, 2.24) is 9.80 Å². The number of hydrogen-bond donors (Lipinski definition) is 0. The predicted octanol–water partition coefficient (Wildman–Crippen LogP) is 4.71. The Morgan fingerprint density at radius 2 is 1.17 bits per heavy atom. The van der Waals surface area contributed by atoms with E-state index in [-0.39, 0.29) is 11.8 Å². The van der Waals surface area contributed by atoms with E-state index in [0.717, 1.165) is 0 Å². The molecule has 0 radical (unpaired) electrons. The lowest BCUT2D eigenvalue weighted by molar-refractivity contribution is -0.132. The largest absolute Gasteiger partial charge is 0.457 e. The maximum Gasteiger partial charge on any atom is 0.254 e. The highest BCUT2D eigenvalue weighted by atomic mass is 16.5. The molecular formula is C28H24N4O4. The van der Waals surface area contributed by atoms with Crippen molar-refractivity contribution < 1.29 is 19.1 Å². The van der Waals surface area contributed by atoms with Crippen molar-refractivity contribution in [2.45, 2.75) is 13.3 Å². The number of nitrogens with zero attached hydrogens (tertiary/aromatic N) is 4. The van der Waals surface area contributed by atoms with Gasteiger partial charge in [-0.3, -0.25) is 9.59 Å². The fraction of sp³-hybridized carbons (Fsp3) is 0.214. The van der Waals surface area contributed by atoms with Crippen molar-refractivity contribution in [2.75, 3.05) is 26.2 Å². The van der Waals surface area contributed by atoms with Gasteiger partial charge in [-0.25, -0.2) is 0 Å². The lowest BCUT2D eigenvalue weighted by Crippen LogP contribution is -2.50. The molecule has 0 aromatic heterocycles. The molecule has 8 nitrogen and oxygen atoms in total. The Hall–Kier alpha value is -4.82. The van der Waals surface area contributed by atoms with Crippen LogP contribution in [0.2, 0.25) is 0 Å². The first-order valence-electron chi connectivity index (χ1n) is 11.6. The Balaban J connectivity index is 1.59. The Morgan fingerprint density at radius 3 is 1.58 bits per heavy atom. The van der Waals surface area contributed by atoms with E-state index in [4.69, 9.17) is 20.0 Å². The Bertz CT molecular complexity index is 1250. The van der Waals surface area contributed by atoms with Crippen LogP contribution >= 0.6 is 0 Å². The van der Waals surface area contributed by atoms with Crippen molar-refractivity contribution >= 4 is 11.8 Å². The van der Waals surface area contributed by atoms with Gasteiger partial charge < -0.3 is 19.3 Å². The zero-order valence-corrected chi connectivity index (χ0v) is 19.8. The molecule has 0 N–H and O–H groups in total. The Morgan fingerprint density at radius 1 is 0.722 bits per heavy atom. The zero-order chi connectivity index (χ0) is 25.5. The van der Waals surface area contributed by atoms with Crippen LogP contribution in [0.15, 0.2) is 66.7 Å². The molecule has 1 fully saturated rings. The Labute approximate surface area is 209 Å². The van der Waals surface area contributed by atoms with Crippen LogP contribution in [0, 0.1) is 22.7 Å². The smallest absolute Gasteiger partial charge is 0.254 e. The first kappa shape index (κ1) is 24.3. The highest BCUT2D eigenvalue weighted by molar-refractivity contribution is 5.95. The van der Waals surface area contributed by atoms with E-state index < -0.39 is 0 Å². The van der Waals surface area contributed by atoms with Crippen molar-refractivity contribution in [3.63, 3.8) is 0 Å². The molecule has 0 unspecified atom stereocenters. The quantitative estimate of drug-likeness (QED) is 0.506. The molecule has 0 saturated carbocycles. The molecule has 3 aromatic carbocycles. The topological polar surface area (TPSA) is 107 Å². The normalized spacial score (nSPS) is 12.9. The van der Waals surface area contributed by atoms with Gasteiger partial charge in [0.25, 0.3) is 5.91 Å². The highest BCUT2D eigenvalue weighted by Crippen LogP contribution is 2.31. The van der Waals surface area contributed by atoms with Gasteiger partial charge in [-0.1, -0.05) is 6.92 Å². The van der Waals surface area contributed by atoms with Crippen LogP contribution in [0.3, 0.4) is 0 Å². The summed E-state index contributed by atoms with van der Waals surface area (Å²) in [4.78, 5) is 28.8. The third-order valence-corrected chi connectivity index (χ3v) is 5.79. The molecule has 8 heteroatoms. The number of amides is 2. The molecule has 1 heterocycles. The molecule has 2 amide bonds. The summed E-state index contributed by atoms with van der Waals surface area (Å²) in [5.41, 5.74) is 1.41. The van der Waals surface area contributed by atoms with Crippen molar-refractivity contribution in [3.8, 4) is 35.1 Å². The van der Waals surface area contributed by atoms with Crippen LogP contribution in [0.4, 0.5) is 0 Å². The first-order valence-corrected chi connectivity index (χ1v) is 11.6. The first-order chi connectivity index (χ1) is 17.5. The minimum atomic E-state index is -0.187. The van der Waals surface area contributed by atoms with Crippen molar-refractivity contribution in [2.24, 2.45) is 0 Å². The SMILES string of the molecule is CCC(=O)N1CCN(C(=O)c2cc(Oc3ccc(C#N)cc3)cc(Oc3ccc(C#N)cc3)c2)CC1. The summed E-state index contributed by atoms with van der Waals surface area (Å²) in [5, 5.41) is 18.0. The zero-order valence-electron chi connectivity index (χ0n) is 19.8. The van der Waals surface area contributed by atoms with Crippen molar-refractivity contribution in [3.05, 3.63) is 83.4 Å². The molecule has 180 valence electrons. The number of piperazine rings is 1. The van der Waals surface area contributed by atoms with Crippen LogP contribution in [0.5, 0.6) is 23.0 Å². The highest BCUT2D eigenvalue weighted by Gasteiger charge is 2.25. The second-order valence-corrected chi connectivity index (χ2v) is 8.20. The minimum absolute atomic E-state index is 0.0815. The van der Waals surface area contributed by atoms with Gasteiger partial charge in [0.1, 0.15) is 23.0 Å². The van der Waals surface area contributed by atoms with E-state index in [9.17, 15) is 9.59 Å². The second kappa shape index (κ2) is 11.1. The number of hydrogen-bond acceptors (Lipinski definition) is 6. The fourth-order valence-corrected chi connectivity index (χ4v) is 3.85. The van der Waals surface area contributed by atoms with E-state index in [0.29, 0.717) is 72.3 Å². The van der Waals surface area contributed by atoms with Gasteiger partial charge in [-0.15, -0.1) is 0 Å². The molecule has 1 aliphatic rings. The number of benzene rings is 3. The molecule has 1 saturated heterocycles. The predicted molar refractivity (Wildman–Crippen MR) is 132 cm³/mol. The number of carbonyl (C=O) groups excluding carboxylic acids is 2. The van der Waals surface area contributed by atoms with Crippen LogP contribution in [0.1, 0.15) is 34.8 Å². The van der Waals surface area contributed by atoms with Crippen LogP contribution in [0.25, 0.3) is 0 Å². The maximum absolute atomic E-state index is 13.4. The van der Waals surface area contributed by atoms with E-state index in [1.54, 1.807) is 76.5 Å².